The van der Waals surface area contributed by atoms with Crippen molar-refractivity contribution in [3.8, 4) is 0 Å². The predicted molar refractivity (Wildman–Crippen MR) is 53.9 cm³/mol. The summed E-state index contributed by atoms with van der Waals surface area (Å²) < 4.78 is 0. The van der Waals surface area contributed by atoms with Crippen molar-refractivity contribution < 1.29 is 10.2 Å². The summed E-state index contributed by atoms with van der Waals surface area (Å²) in [4.78, 5) is 2.07. The first-order chi connectivity index (χ1) is 6.35. The summed E-state index contributed by atoms with van der Waals surface area (Å²) in [6.45, 7) is 4.85. The van der Waals surface area contributed by atoms with E-state index in [0.717, 1.165) is 19.4 Å². The van der Waals surface area contributed by atoms with E-state index in [2.05, 4.69) is 23.5 Å². The van der Waals surface area contributed by atoms with Crippen molar-refractivity contribution in [2.24, 2.45) is 11.7 Å². The largest absolute Gasteiger partial charge is 0.395 e. The second kappa shape index (κ2) is 14.3. The Morgan fingerprint density at radius 1 is 1.00 bits per heavy atom. The lowest BCUT2D eigenvalue weighted by molar-refractivity contribution is 0.159. The quantitative estimate of drug-likeness (QED) is 0.304. The highest BCUT2D eigenvalue weighted by Gasteiger charge is 2.00. The average Bonchev–Trinajstić information content (AvgIpc) is 2.18. The summed E-state index contributed by atoms with van der Waals surface area (Å²) in [5.41, 5.74) is 0. The van der Waals surface area contributed by atoms with Crippen molar-refractivity contribution in [3.05, 3.63) is 0 Å². The predicted octanol–water partition coefficient (Wildman–Crippen LogP) is -1.11. The molecule has 0 aliphatic carbocycles. The average molecular weight is 193 g/mol. The fourth-order valence-corrected chi connectivity index (χ4v) is 1.000. The van der Waals surface area contributed by atoms with E-state index in [0.29, 0.717) is 13.1 Å². The highest BCUT2D eigenvalue weighted by molar-refractivity contribution is 4.55. The van der Waals surface area contributed by atoms with E-state index in [1.807, 2.05) is 0 Å². The van der Waals surface area contributed by atoms with Gasteiger partial charge in [0, 0.05) is 13.1 Å². The molecular weight excluding hydrogens is 170 g/mol. The van der Waals surface area contributed by atoms with Gasteiger partial charge in [0.25, 0.3) is 0 Å². The van der Waals surface area contributed by atoms with Crippen LogP contribution in [0.15, 0.2) is 0 Å². The first kappa shape index (κ1) is 15.3. The minimum atomic E-state index is 0.184. The Morgan fingerprint density at radius 3 is 1.77 bits per heavy atom. The van der Waals surface area contributed by atoms with Crippen molar-refractivity contribution in [1.82, 2.24) is 4.90 Å². The van der Waals surface area contributed by atoms with Gasteiger partial charge in [0.15, 0.2) is 0 Å². The van der Waals surface area contributed by atoms with Gasteiger partial charge in [0.05, 0.1) is 13.2 Å². The Hall–Kier alpha value is -0.200. The minimum absolute atomic E-state index is 0.184. The Labute approximate surface area is 80.3 Å². The maximum absolute atomic E-state index is 8.64. The zero-order valence-corrected chi connectivity index (χ0v) is 8.45. The molecule has 0 saturated heterocycles. The van der Waals surface area contributed by atoms with Gasteiger partial charge >= 0.3 is 0 Å². The Kier molecular flexibility index (Phi) is 16.8. The third kappa shape index (κ3) is 11.8. The maximum Gasteiger partial charge on any atom is 0.0558 e. The second-order valence-corrected chi connectivity index (χ2v) is 2.64. The Bertz CT molecular complexity index is 77.8. The number of rotatable bonds is 7. The molecule has 0 aromatic heterocycles. The van der Waals surface area contributed by atoms with E-state index < -0.39 is 0 Å². The first-order valence-electron chi connectivity index (χ1n) is 4.62. The molecule has 13 heavy (non-hydrogen) atoms. The van der Waals surface area contributed by atoms with E-state index >= 15 is 0 Å². The summed E-state index contributed by atoms with van der Waals surface area (Å²) in [6.07, 6.45) is 2.30. The number of unbranched alkanes of at least 4 members (excludes halogenated alkanes) is 1. The smallest absolute Gasteiger partial charge is 0.0558 e. The molecule has 0 aliphatic rings. The van der Waals surface area contributed by atoms with Crippen LogP contribution in [0.4, 0.5) is 0 Å². The number of hydrazine groups is 1. The van der Waals surface area contributed by atoms with Gasteiger partial charge in [-0.3, -0.25) is 16.6 Å². The van der Waals surface area contributed by atoms with Crippen LogP contribution < -0.4 is 11.7 Å². The maximum atomic E-state index is 8.64. The lowest BCUT2D eigenvalue weighted by Crippen LogP contribution is -2.30. The number of hydrogen-bond acceptors (Lipinski definition) is 5. The van der Waals surface area contributed by atoms with Crippen LogP contribution in [0.2, 0.25) is 0 Å². The summed E-state index contributed by atoms with van der Waals surface area (Å²) in [6, 6.07) is 0. The lowest BCUT2D eigenvalue weighted by Gasteiger charge is -2.19. The van der Waals surface area contributed by atoms with E-state index in [1.54, 1.807) is 0 Å². The van der Waals surface area contributed by atoms with Crippen LogP contribution in [0, 0.1) is 0 Å². The molecule has 0 rings (SSSR count). The fourth-order valence-electron chi connectivity index (χ4n) is 1.000. The van der Waals surface area contributed by atoms with E-state index in [1.165, 1.54) is 0 Å². The highest BCUT2D eigenvalue weighted by Crippen LogP contribution is 1.93. The molecule has 5 nitrogen and oxygen atoms in total. The second-order valence-electron chi connectivity index (χ2n) is 2.64. The van der Waals surface area contributed by atoms with Gasteiger partial charge in [-0.1, -0.05) is 13.3 Å². The number of nitrogens with two attached hydrogens (primary N) is 2. The molecule has 0 aromatic rings. The molecule has 5 heteroatoms. The van der Waals surface area contributed by atoms with Crippen LogP contribution in [0.5, 0.6) is 0 Å². The number of hydrogen-bond donors (Lipinski definition) is 4. The molecule has 0 saturated carbocycles. The Balaban J connectivity index is 0. The summed E-state index contributed by atoms with van der Waals surface area (Å²) in [5.74, 6) is 8.00. The normalized spacial score (nSPS) is 9.69. The minimum Gasteiger partial charge on any atom is -0.395 e. The monoisotopic (exact) mass is 193 g/mol. The van der Waals surface area contributed by atoms with Crippen molar-refractivity contribution in [3.63, 3.8) is 0 Å². The number of nitrogens with zero attached hydrogens (tertiary/aromatic N) is 1. The zero-order chi connectivity index (χ0) is 10.5. The van der Waals surface area contributed by atoms with Gasteiger partial charge in [-0.05, 0) is 13.0 Å². The molecule has 0 bridgehead atoms. The van der Waals surface area contributed by atoms with E-state index in [9.17, 15) is 0 Å². The fraction of sp³-hybridized carbons (Fsp3) is 1.00. The van der Waals surface area contributed by atoms with Gasteiger partial charge in [0.2, 0.25) is 0 Å². The molecule has 0 amide bonds. The van der Waals surface area contributed by atoms with Crippen LogP contribution in [0.25, 0.3) is 0 Å². The molecule has 0 atom stereocenters. The van der Waals surface area contributed by atoms with Crippen LogP contribution >= 0.6 is 0 Å². The molecule has 0 fully saturated rings. The third-order valence-electron chi connectivity index (χ3n) is 1.66. The molecule has 6 N–H and O–H groups in total. The SMILES string of the molecule is CCCCN(CCO)CCO.NN. The zero-order valence-electron chi connectivity index (χ0n) is 8.45. The van der Waals surface area contributed by atoms with Gasteiger partial charge in [0.1, 0.15) is 0 Å². The molecule has 0 heterocycles. The number of aliphatic hydroxyl groups excluding tert-OH is 2. The summed E-state index contributed by atoms with van der Waals surface area (Å²) in [5, 5.41) is 17.3. The van der Waals surface area contributed by atoms with Crippen molar-refractivity contribution in [2.45, 2.75) is 19.8 Å². The topological polar surface area (TPSA) is 95.7 Å². The van der Waals surface area contributed by atoms with Crippen LogP contribution in [0.1, 0.15) is 19.8 Å². The lowest BCUT2D eigenvalue weighted by atomic mass is 10.3. The van der Waals surface area contributed by atoms with Gasteiger partial charge in [-0.25, -0.2) is 0 Å². The van der Waals surface area contributed by atoms with Crippen molar-refractivity contribution in [2.75, 3.05) is 32.8 Å². The van der Waals surface area contributed by atoms with Crippen LogP contribution in [-0.4, -0.2) is 48.0 Å². The van der Waals surface area contributed by atoms with E-state index in [-0.39, 0.29) is 13.2 Å². The molecular formula is C8H23N3O2. The highest BCUT2D eigenvalue weighted by atomic mass is 16.3. The Morgan fingerprint density at radius 2 is 1.46 bits per heavy atom. The molecule has 0 spiro atoms. The molecule has 0 aromatic carbocycles. The summed E-state index contributed by atoms with van der Waals surface area (Å²) in [7, 11) is 0. The molecule has 0 radical (unpaired) electrons. The van der Waals surface area contributed by atoms with Crippen molar-refractivity contribution >= 4 is 0 Å². The molecule has 0 aliphatic heterocycles. The first-order valence-corrected chi connectivity index (χ1v) is 4.62. The van der Waals surface area contributed by atoms with Gasteiger partial charge < -0.3 is 10.2 Å². The summed E-state index contributed by atoms with van der Waals surface area (Å²) >= 11 is 0. The third-order valence-corrected chi connectivity index (χ3v) is 1.66. The van der Waals surface area contributed by atoms with E-state index in [4.69, 9.17) is 10.2 Å². The van der Waals surface area contributed by atoms with Crippen molar-refractivity contribution in [1.29, 1.82) is 0 Å². The molecule has 82 valence electrons. The van der Waals surface area contributed by atoms with Crippen LogP contribution in [0.3, 0.4) is 0 Å². The van der Waals surface area contributed by atoms with Gasteiger partial charge in [-0.2, -0.15) is 0 Å². The molecule has 0 unspecified atom stereocenters. The standard InChI is InChI=1S/C8H19NO2.H4N2/c1-2-3-4-9(5-7-10)6-8-11;1-2/h10-11H,2-8H2,1H3;1-2H2. The number of aliphatic hydroxyl groups is 2. The van der Waals surface area contributed by atoms with Crippen LogP contribution in [-0.2, 0) is 0 Å². The van der Waals surface area contributed by atoms with Gasteiger partial charge in [-0.15, -0.1) is 0 Å².